The minimum atomic E-state index is -3.61. The lowest BCUT2D eigenvalue weighted by atomic mass is 9.78. The van der Waals surface area contributed by atoms with Crippen molar-refractivity contribution in [3.63, 3.8) is 0 Å². The molecule has 1 aliphatic heterocycles. The van der Waals surface area contributed by atoms with E-state index in [0.717, 1.165) is 36.8 Å². The van der Waals surface area contributed by atoms with E-state index < -0.39 is 27.8 Å². The maximum Gasteiger partial charge on any atom is 0.237 e. The first-order valence-corrected chi connectivity index (χ1v) is 10.2. The third-order valence-electron chi connectivity index (χ3n) is 4.86. The summed E-state index contributed by atoms with van der Waals surface area (Å²) in [5.41, 5.74) is 2.05. The van der Waals surface area contributed by atoms with Gasteiger partial charge in [-0.05, 0) is 30.9 Å². The third-order valence-corrected chi connectivity index (χ3v) is 5.43. The van der Waals surface area contributed by atoms with Crippen LogP contribution in [-0.2, 0) is 26.0 Å². The number of fused-ring (bicyclic) bond motifs is 1. The number of benzene rings is 1. The van der Waals surface area contributed by atoms with Gasteiger partial charge in [0.2, 0.25) is 21.8 Å². The van der Waals surface area contributed by atoms with Gasteiger partial charge < -0.3 is 4.90 Å². The van der Waals surface area contributed by atoms with Gasteiger partial charge >= 0.3 is 0 Å². The molecule has 0 aromatic heterocycles. The molecule has 1 N–H and O–H groups in total. The number of nitrogens with one attached hydrogen (secondary N) is 1. The van der Waals surface area contributed by atoms with Crippen molar-refractivity contribution in [3.05, 3.63) is 29.8 Å². The van der Waals surface area contributed by atoms with E-state index in [-0.39, 0.29) is 5.91 Å². The summed E-state index contributed by atoms with van der Waals surface area (Å²) in [6.45, 7) is 0.620. The second-order valence-corrected chi connectivity index (χ2v) is 8.35. The van der Waals surface area contributed by atoms with E-state index >= 15 is 0 Å². The van der Waals surface area contributed by atoms with Gasteiger partial charge in [0.25, 0.3) is 0 Å². The number of anilines is 1. The molecule has 1 aromatic rings. The Morgan fingerprint density at radius 3 is 2.50 bits per heavy atom. The highest BCUT2D eigenvalue weighted by Crippen LogP contribution is 2.35. The van der Waals surface area contributed by atoms with Crippen LogP contribution < -0.4 is 9.62 Å². The normalized spacial score (nSPS) is 23.6. The van der Waals surface area contributed by atoms with E-state index in [2.05, 4.69) is 0 Å². The van der Waals surface area contributed by atoms with Gasteiger partial charge in [-0.2, -0.15) is 0 Å². The molecule has 130 valence electrons. The molecule has 2 amide bonds. The van der Waals surface area contributed by atoms with Gasteiger partial charge in [0.15, 0.2) is 0 Å². The maximum atomic E-state index is 13.0. The molecule has 1 fully saturated rings. The number of carbonyl (C=O) groups excluding carboxylic acids is 2. The Morgan fingerprint density at radius 1 is 1.12 bits per heavy atom. The van der Waals surface area contributed by atoms with Crippen LogP contribution in [0.1, 0.15) is 31.2 Å². The highest BCUT2D eigenvalue weighted by molar-refractivity contribution is 7.89. The van der Waals surface area contributed by atoms with Crippen LogP contribution >= 0.6 is 0 Å². The molecule has 1 saturated carbocycles. The number of sulfonamides is 1. The zero-order valence-electron chi connectivity index (χ0n) is 13.7. The van der Waals surface area contributed by atoms with E-state index in [1.54, 1.807) is 4.90 Å². The van der Waals surface area contributed by atoms with E-state index in [0.29, 0.717) is 19.4 Å². The second-order valence-electron chi connectivity index (χ2n) is 6.60. The Labute approximate surface area is 142 Å². The topological polar surface area (TPSA) is 83.5 Å². The lowest BCUT2D eigenvalue weighted by Crippen LogP contribution is -2.46. The fourth-order valence-electron chi connectivity index (χ4n) is 3.77. The van der Waals surface area contributed by atoms with Gasteiger partial charge in [-0.25, -0.2) is 8.42 Å². The molecular weight excluding hydrogens is 328 g/mol. The van der Waals surface area contributed by atoms with Crippen molar-refractivity contribution in [1.29, 1.82) is 0 Å². The van der Waals surface area contributed by atoms with E-state index in [1.165, 1.54) is 0 Å². The van der Waals surface area contributed by atoms with E-state index in [4.69, 9.17) is 0 Å². The predicted octanol–water partition coefficient (Wildman–Crippen LogP) is 1.46. The van der Waals surface area contributed by atoms with Crippen molar-refractivity contribution in [2.75, 3.05) is 17.7 Å². The van der Waals surface area contributed by atoms with Crippen molar-refractivity contribution in [1.82, 2.24) is 4.72 Å². The molecule has 2 unspecified atom stereocenters. The summed E-state index contributed by atoms with van der Waals surface area (Å²) in [5, 5.41) is 0. The lowest BCUT2D eigenvalue weighted by molar-refractivity contribution is -0.134. The molecule has 24 heavy (non-hydrogen) atoms. The largest absolute Gasteiger partial charge is 0.312 e. The molecule has 1 aliphatic carbocycles. The van der Waals surface area contributed by atoms with Gasteiger partial charge in [-0.15, -0.1) is 0 Å². The van der Waals surface area contributed by atoms with Gasteiger partial charge in [-0.1, -0.05) is 31.0 Å². The van der Waals surface area contributed by atoms with Crippen LogP contribution in [0.15, 0.2) is 24.3 Å². The van der Waals surface area contributed by atoms with Crippen LogP contribution in [0.25, 0.3) is 0 Å². The predicted molar refractivity (Wildman–Crippen MR) is 90.9 cm³/mol. The van der Waals surface area contributed by atoms with Crippen molar-refractivity contribution in [3.8, 4) is 0 Å². The Bertz CT molecular complexity index is 760. The van der Waals surface area contributed by atoms with Crippen LogP contribution in [0.5, 0.6) is 0 Å². The molecule has 1 heterocycles. The summed E-state index contributed by atoms with van der Waals surface area (Å²) < 4.78 is 24.8. The molecule has 2 aliphatic rings. The number of carbonyl (C=O) groups is 2. The molecular formula is C17H22N2O4S. The van der Waals surface area contributed by atoms with Crippen molar-refractivity contribution >= 4 is 27.5 Å². The van der Waals surface area contributed by atoms with Crippen molar-refractivity contribution in [2.45, 2.75) is 32.1 Å². The Morgan fingerprint density at radius 2 is 1.79 bits per heavy atom. The summed E-state index contributed by atoms with van der Waals surface area (Å²) in [6, 6.07) is 7.79. The van der Waals surface area contributed by atoms with Crippen LogP contribution in [0.4, 0.5) is 5.69 Å². The number of para-hydroxylation sites is 1. The Hall–Kier alpha value is -1.89. The number of nitrogens with zero attached hydrogens (tertiary/aromatic N) is 1. The standard InChI is InChI=1S/C17H22N2O4S/c1-24(22,23)18-16(20)13-7-3-4-8-14(13)17(21)19-11-10-12-6-2-5-9-15(12)19/h2,5-6,9,13-14H,3-4,7-8,10-11H2,1H3,(H,18,20). The number of amides is 2. The lowest BCUT2D eigenvalue weighted by Gasteiger charge is -2.32. The van der Waals surface area contributed by atoms with Crippen LogP contribution in [-0.4, -0.2) is 33.0 Å². The smallest absolute Gasteiger partial charge is 0.237 e. The van der Waals surface area contributed by atoms with E-state index in [9.17, 15) is 18.0 Å². The zero-order valence-corrected chi connectivity index (χ0v) is 14.5. The molecule has 7 heteroatoms. The first-order chi connectivity index (χ1) is 11.4. The second kappa shape index (κ2) is 6.55. The van der Waals surface area contributed by atoms with Gasteiger partial charge in [-0.3, -0.25) is 14.3 Å². The zero-order chi connectivity index (χ0) is 17.3. The SMILES string of the molecule is CS(=O)(=O)NC(=O)C1CCCCC1C(=O)N1CCc2ccccc21. The molecule has 0 saturated heterocycles. The maximum absolute atomic E-state index is 13.0. The van der Waals surface area contributed by atoms with Gasteiger partial charge in [0, 0.05) is 12.2 Å². The molecule has 0 radical (unpaired) electrons. The monoisotopic (exact) mass is 350 g/mol. The van der Waals surface area contributed by atoms with Crippen molar-refractivity contribution < 1.29 is 18.0 Å². The minimum Gasteiger partial charge on any atom is -0.312 e. The fourth-order valence-corrected chi connectivity index (χ4v) is 4.28. The van der Waals surface area contributed by atoms with Gasteiger partial charge in [0.05, 0.1) is 18.1 Å². The number of rotatable bonds is 3. The summed E-state index contributed by atoms with van der Waals surface area (Å²) in [7, 11) is -3.61. The van der Waals surface area contributed by atoms with Crippen LogP contribution in [0, 0.1) is 11.8 Å². The van der Waals surface area contributed by atoms with Crippen LogP contribution in [0.2, 0.25) is 0 Å². The molecule has 0 spiro atoms. The summed E-state index contributed by atoms with van der Waals surface area (Å²) >= 11 is 0. The Kier molecular flexibility index (Phi) is 4.62. The first kappa shape index (κ1) is 17.0. The van der Waals surface area contributed by atoms with Crippen LogP contribution in [0.3, 0.4) is 0 Å². The number of hydrogen-bond acceptors (Lipinski definition) is 4. The molecule has 2 atom stereocenters. The third kappa shape index (κ3) is 3.45. The number of hydrogen-bond donors (Lipinski definition) is 1. The molecule has 3 rings (SSSR count). The fraction of sp³-hybridized carbons (Fsp3) is 0.529. The summed E-state index contributed by atoms with van der Waals surface area (Å²) in [4.78, 5) is 27.1. The van der Waals surface area contributed by atoms with Crippen molar-refractivity contribution in [2.24, 2.45) is 11.8 Å². The average molecular weight is 350 g/mol. The molecule has 6 nitrogen and oxygen atoms in total. The van der Waals surface area contributed by atoms with Gasteiger partial charge in [0.1, 0.15) is 0 Å². The highest BCUT2D eigenvalue weighted by atomic mass is 32.2. The molecule has 1 aromatic carbocycles. The highest BCUT2D eigenvalue weighted by Gasteiger charge is 2.40. The summed E-state index contributed by atoms with van der Waals surface area (Å²) in [5.74, 6) is -1.64. The minimum absolute atomic E-state index is 0.0618. The Balaban J connectivity index is 1.81. The molecule has 0 bridgehead atoms. The summed E-state index contributed by atoms with van der Waals surface area (Å²) in [6.07, 6.45) is 4.67. The average Bonchev–Trinajstić information content (AvgIpc) is 2.96. The quantitative estimate of drug-likeness (QED) is 0.894. The van der Waals surface area contributed by atoms with E-state index in [1.807, 2.05) is 29.0 Å². The first-order valence-electron chi connectivity index (χ1n) is 8.28.